The Hall–Kier alpha value is -0.120. The molecule has 1 fully saturated rings. The van der Waals surface area contributed by atoms with Gasteiger partial charge in [0.2, 0.25) is 0 Å². The van der Waals surface area contributed by atoms with Crippen LogP contribution in [0.5, 0.6) is 0 Å². The second-order valence-electron chi connectivity index (χ2n) is 5.91. The number of nitrogens with zero attached hydrogens (tertiary/aromatic N) is 1. The van der Waals surface area contributed by atoms with E-state index in [-0.39, 0.29) is 6.10 Å². The first-order valence-electron chi connectivity index (χ1n) is 7.17. The van der Waals surface area contributed by atoms with Gasteiger partial charge in [-0.2, -0.15) is 0 Å². The first kappa shape index (κ1) is 14.9. The third-order valence-corrected chi connectivity index (χ3v) is 3.71. The largest absolute Gasteiger partial charge is 0.393 e. The molecule has 102 valence electrons. The van der Waals surface area contributed by atoms with Crippen LogP contribution in [0.1, 0.15) is 53.4 Å². The summed E-state index contributed by atoms with van der Waals surface area (Å²) in [6.07, 6.45) is 4.45. The fraction of sp³-hybridized carbons (Fsp3) is 1.00. The fourth-order valence-electron chi connectivity index (χ4n) is 2.78. The molecule has 0 spiro atoms. The molecule has 0 amide bonds. The Labute approximate surface area is 107 Å². The Morgan fingerprint density at radius 1 is 1.18 bits per heavy atom. The molecule has 3 nitrogen and oxygen atoms in total. The Morgan fingerprint density at radius 3 is 2.47 bits per heavy atom. The minimum Gasteiger partial charge on any atom is -0.393 e. The van der Waals surface area contributed by atoms with Crippen molar-refractivity contribution in [2.24, 2.45) is 0 Å². The highest BCUT2D eigenvalue weighted by molar-refractivity contribution is 4.79. The van der Waals surface area contributed by atoms with Crippen molar-refractivity contribution in [1.29, 1.82) is 0 Å². The van der Waals surface area contributed by atoms with Crippen LogP contribution in [0.25, 0.3) is 0 Å². The van der Waals surface area contributed by atoms with Gasteiger partial charge in [0.25, 0.3) is 0 Å². The molecule has 2 N–H and O–H groups in total. The zero-order valence-electron chi connectivity index (χ0n) is 11.9. The maximum absolute atomic E-state index is 9.37. The highest BCUT2D eigenvalue weighted by Crippen LogP contribution is 2.14. The molecule has 3 atom stereocenters. The van der Waals surface area contributed by atoms with Crippen molar-refractivity contribution in [3.05, 3.63) is 0 Å². The molecule has 0 aromatic rings. The first-order chi connectivity index (χ1) is 7.99. The van der Waals surface area contributed by atoms with Crippen LogP contribution < -0.4 is 5.32 Å². The third kappa shape index (κ3) is 5.84. The number of aliphatic hydroxyl groups excluding tert-OH is 1. The van der Waals surface area contributed by atoms with Crippen LogP contribution in [-0.4, -0.2) is 47.3 Å². The molecule has 1 heterocycles. The summed E-state index contributed by atoms with van der Waals surface area (Å²) in [6, 6.07) is 1.72. The first-order valence-corrected chi connectivity index (χ1v) is 7.17. The number of aliphatic hydroxyl groups is 1. The second-order valence-corrected chi connectivity index (χ2v) is 5.91. The molecule has 1 saturated heterocycles. The number of likely N-dealkylation sites (tertiary alicyclic amines) is 1. The monoisotopic (exact) mass is 242 g/mol. The Balaban J connectivity index is 2.31. The second kappa shape index (κ2) is 7.34. The smallest absolute Gasteiger partial charge is 0.0526 e. The van der Waals surface area contributed by atoms with E-state index in [1.165, 1.54) is 32.4 Å². The van der Waals surface area contributed by atoms with Crippen molar-refractivity contribution >= 4 is 0 Å². The molecule has 0 bridgehead atoms. The van der Waals surface area contributed by atoms with Gasteiger partial charge in [-0.1, -0.05) is 0 Å². The molecule has 17 heavy (non-hydrogen) atoms. The predicted octanol–water partition coefficient (Wildman–Crippen LogP) is 2.00. The van der Waals surface area contributed by atoms with E-state index >= 15 is 0 Å². The van der Waals surface area contributed by atoms with Crippen molar-refractivity contribution in [3.63, 3.8) is 0 Å². The molecular weight excluding hydrogens is 212 g/mol. The van der Waals surface area contributed by atoms with E-state index in [1.54, 1.807) is 0 Å². The van der Waals surface area contributed by atoms with Crippen molar-refractivity contribution in [2.75, 3.05) is 13.1 Å². The average molecular weight is 242 g/mol. The van der Waals surface area contributed by atoms with Crippen LogP contribution in [0.15, 0.2) is 0 Å². The number of rotatable bonds is 5. The summed E-state index contributed by atoms with van der Waals surface area (Å²) in [6.45, 7) is 11.1. The highest BCUT2D eigenvalue weighted by Gasteiger charge is 2.19. The zero-order chi connectivity index (χ0) is 12.8. The molecule has 1 aliphatic heterocycles. The normalized spacial score (nSPS) is 26.8. The van der Waals surface area contributed by atoms with Gasteiger partial charge >= 0.3 is 0 Å². The topological polar surface area (TPSA) is 35.5 Å². The predicted molar refractivity (Wildman–Crippen MR) is 73.2 cm³/mol. The lowest BCUT2D eigenvalue weighted by molar-refractivity contribution is 0.166. The number of hydrogen-bond acceptors (Lipinski definition) is 3. The van der Waals surface area contributed by atoms with Gasteiger partial charge in [0.15, 0.2) is 0 Å². The van der Waals surface area contributed by atoms with Crippen LogP contribution in [0, 0.1) is 0 Å². The Bertz CT molecular complexity index is 206. The van der Waals surface area contributed by atoms with Crippen LogP contribution in [0.4, 0.5) is 0 Å². The van der Waals surface area contributed by atoms with E-state index in [0.29, 0.717) is 18.1 Å². The van der Waals surface area contributed by atoms with Crippen LogP contribution in [-0.2, 0) is 0 Å². The minimum absolute atomic E-state index is 0.199. The maximum Gasteiger partial charge on any atom is 0.0526 e. The molecule has 1 rings (SSSR count). The van der Waals surface area contributed by atoms with Gasteiger partial charge in [0.05, 0.1) is 6.10 Å². The van der Waals surface area contributed by atoms with E-state index in [4.69, 9.17) is 0 Å². The molecule has 0 saturated carbocycles. The quantitative estimate of drug-likeness (QED) is 0.774. The lowest BCUT2D eigenvalue weighted by Gasteiger charge is -2.25. The molecular formula is C14H30N2O. The standard InChI is InChI=1S/C14H30N2O/c1-11(2)16-8-5-6-14(7-9-16)15-12(3)10-13(4)17/h11-15,17H,5-10H2,1-4H3. The van der Waals surface area contributed by atoms with Gasteiger partial charge in [0.1, 0.15) is 0 Å². The molecule has 0 aromatic carbocycles. The van der Waals surface area contributed by atoms with Gasteiger partial charge < -0.3 is 15.3 Å². The van der Waals surface area contributed by atoms with Crippen molar-refractivity contribution in [2.45, 2.75) is 77.6 Å². The maximum atomic E-state index is 9.37. The Morgan fingerprint density at radius 2 is 1.88 bits per heavy atom. The third-order valence-electron chi connectivity index (χ3n) is 3.71. The highest BCUT2D eigenvalue weighted by atomic mass is 16.3. The van der Waals surface area contributed by atoms with Crippen LogP contribution in [0.3, 0.4) is 0 Å². The summed E-state index contributed by atoms with van der Waals surface area (Å²) in [7, 11) is 0. The molecule has 0 aliphatic carbocycles. The lowest BCUT2D eigenvalue weighted by atomic mass is 10.1. The van der Waals surface area contributed by atoms with Crippen LogP contribution >= 0.6 is 0 Å². The van der Waals surface area contributed by atoms with Gasteiger partial charge in [-0.05, 0) is 66.5 Å². The van der Waals surface area contributed by atoms with Crippen molar-refractivity contribution in [1.82, 2.24) is 10.2 Å². The summed E-state index contributed by atoms with van der Waals surface area (Å²) in [5.41, 5.74) is 0. The van der Waals surface area contributed by atoms with Crippen molar-refractivity contribution in [3.8, 4) is 0 Å². The molecule has 3 heteroatoms. The zero-order valence-corrected chi connectivity index (χ0v) is 11.9. The lowest BCUT2D eigenvalue weighted by Crippen LogP contribution is -2.39. The average Bonchev–Trinajstić information content (AvgIpc) is 2.41. The summed E-state index contributed by atoms with van der Waals surface area (Å²) in [5.74, 6) is 0. The minimum atomic E-state index is -0.199. The van der Waals surface area contributed by atoms with E-state index in [2.05, 4.69) is 31.0 Å². The van der Waals surface area contributed by atoms with Gasteiger partial charge in [0, 0.05) is 18.1 Å². The number of nitrogens with one attached hydrogen (secondary N) is 1. The molecule has 3 unspecified atom stereocenters. The fourth-order valence-corrected chi connectivity index (χ4v) is 2.78. The van der Waals surface area contributed by atoms with Crippen molar-refractivity contribution < 1.29 is 5.11 Å². The number of hydrogen-bond donors (Lipinski definition) is 2. The molecule has 0 radical (unpaired) electrons. The van der Waals surface area contributed by atoms with E-state index < -0.39 is 0 Å². The molecule has 0 aromatic heterocycles. The van der Waals surface area contributed by atoms with Gasteiger partial charge in [-0.15, -0.1) is 0 Å². The van der Waals surface area contributed by atoms with E-state index in [1.807, 2.05) is 6.92 Å². The SMILES string of the molecule is CC(O)CC(C)NC1CCCN(C(C)C)CC1. The Kier molecular flexibility index (Phi) is 6.45. The summed E-state index contributed by atoms with van der Waals surface area (Å²) in [4.78, 5) is 2.57. The summed E-state index contributed by atoms with van der Waals surface area (Å²) >= 11 is 0. The van der Waals surface area contributed by atoms with Gasteiger partial charge in [-0.25, -0.2) is 0 Å². The van der Waals surface area contributed by atoms with Gasteiger partial charge in [-0.3, -0.25) is 0 Å². The van der Waals surface area contributed by atoms with Crippen LogP contribution in [0.2, 0.25) is 0 Å². The van der Waals surface area contributed by atoms with E-state index in [9.17, 15) is 5.11 Å². The molecule has 1 aliphatic rings. The summed E-state index contributed by atoms with van der Waals surface area (Å²) in [5, 5.41) is 13.0. The van der Waals surface area contributed by atoms with E-state index in [0.717, 1.165) is 6.42 Å². The summed E-state index contributed by atoms with van der Waals surface area (Å²) < 4.78 is 0.